The van der Waals surface area contributed by atoms with Crippen molar-refractivity contribution in [3.8, 4) is 5.75 Å². The molecule has 1 N–H and O–H groups in total. The topological polar surface area (TPSA) is 92.9 Å². The number of methoxy groups -OCH3 is 1. The highest BCUT2D eigenvalue weighted by Gasteiger charge is 2.47. The van der Waals surface area contributed by atoms with Gasteiger partial charge in [0.1, 0.15) is 23.3 Å². The Balaban J connectivity index is 1.83. The Kier molecular flexibility index (Phi) is 4.87. The van der Waals surface area contributed by atoms with Gasteiger partial charge in [-0.05, 0) is 35.9 Å². The number of hydrogen-bond donors (Lipinski definition) is 1. The number of aliphatic hydroxyl groups is 1. The normalized spacial score (nSPS) is 18.2. The van der Waals surface area contributed by atoms with E-state index < -0.39 is 17.7 Å². The Morgan fingerprint density at radius 3 is 2.76 bits per heavy atom. The van der Waals surface area contributed by atoms with E-state index in [2.05, 4.69) is 4.98 Å². The van der Waals surface area contributed by atoms with Crippen molar-refractivity contribution < 1.29 is 23.8 Å². The molecule has 4 rings (SSSR count). The number of Topliss-reactive ketones (excluding diaryl/α,β-unsaturated/α-hetero) is 1. The van der Waals surface area contributed by atoms with Gasteiger partial charge in [0.15, 0.2) is 0 Å². The monoisotopic (exact) mass is 390 g/mol. The van der Waals surface area contributed by atoms with Crippen LogP contribution in [0.5, 0.6) is 5.75 Å². The number of carbonyl (C=O) groups is 2. The molecule has 0 saturated carbocycles. The lowest BCUT2D eigenvalue weighted by Gasteiger charge is -2.23. The number of ether oxygens (including phenoxy) is 1. The minimum Gasteiger partial charge on any atom is -0.507 e. The van der Waals surface area contributed by atoms with Crippen molar-refractivity contribution in [2.45, 2.75) is 12.6 Å². The number of hydrogen-bond acceptors (Lipinski definition) is 6. The number of nitrogens with zero attached hydrogens (tertiary/aromatic N) is 2. The van der Waals surface area contributed by atoms with E-state index in [-0.39, 0.29) is 17.9 Å². The zero-order chi connectivity index (χ0) is 20.4. The molecule has 3 aromatic rings. The second-order valence-electron chi connectivity index (χ2n) is 6.54. The molecule has 1 fully saturated rings. The van der Waals surface area contributed by atoms with E-state index in [0.717, 1.165) is 5.56 Å². The minimum atomic E-state index is -0.851. The van der Waals surface area contributed by atoms with E-state index in [1.807, 2.05) is 6.07 Å². The van der Waals surface area contributed by atoms with E-state index in [4.69, 9.17) is 9.15 Å². The zero-order valence-electron chi connectivity index (χ0n) is 15.6. The van der Waals surface area contributed by atoms with Gasteiger partial charge in [-0.15, -0.1) is 0 Å². The molecule has 3 heterocycles. The summed E-state index contributed by atoms with van der Waals surface area (Å²) in [6, 6.07) is 12.7. The molecule has 1 saturated heterocycles. The summed E-state index contributed by atoms with van der Waals surface area (Å²) in [6.45, 7) is 0.151. The van der Waals surface area contributed by atoms with Crippen LogP contribution in [0.3, 0.4) is 0 Å². The third-order valence-corrected chi connectivity index (χ3v) is 4.77. The number of likely N-dealkylation sites (tertiary alicyclic amines) is 1. The van der Waals surface area contributed by atoms with Gasteiger partial charge in [-0.3, -0.25) is 14.6 Å². The van der Waals surface area contributed by atoms with Crippen molar-refractivity contribution in [2.75, 3.05) is 7.11 Å². The zero-order valence-corrected chi connectivity index (χ0v) is 15.6. The Morgan fingerprint density at radius 2 is 2.07 bits per heavy atom. The van der Waals surface area contributed by atoms with Crippen molar-refractivity contribution in [3.63, 3.8) is 0 Å². The van der Waals surface area contributed by atoms with Crippen molar-refractivity contribution in [1.82, 2.24) is 9.88 Å². The molecule has 7 heteroatoms. The molecule has 146 valence electrons. The fourth-order valence-electron chi connectivity index (χ4n) is 3.40. The smallest absolute Gasteiger partial charge is 0.296 e. The number of ketones is 1. The van der Waals surface area contributed by atoms with Crippen LogP contribution in [-0.2, 0) is 16.1 Å². The van der Waals surface area contributed by atoms with Crippen LogP contribution in [0, 0.1) is 0 Å². The second kappa shape index (κ2) is 7.63. The summed E-state index contributed by atoms with van der Waals surface area (Å²) in [6.07, 6.45) is 4.72. The lowest BCUT2D eigenvalue weighted by atomic mass is 9.99. The summed E-state index contributed by atoms with van der Waals surface area (Å²) in [5.74, 6) is -0.849. The predicted octanol–water partition coefficient (Wildman–Crippen LogP) is 3.31. The van der Waals surface area contributed by atoms with Gasteiger partial charge < -0.3 is 19.2 Å². The SMILES string of the molecule is COc1cccc(/C(O)=C2\C(=O)C(=O)N(Cc3cccnc3)[C@@H]2c2ccco2)c1. The van der Waals surface area contributed by atoms with Crippen LogP contribution in [0.15, 0.2) is 77.2 Å². The third-order valence-electron chi connectivity index (χ3n) is 4.77. The van der Waals surface area contributed by atoms with Crippen LogP contribution < -0.4 is 4.74 Å². The fraction of sp³-hybridized carbons (Fsp3) is 0.136. The Labute approximate surface area is 166 Å². The predicted molar refractivity (Wildman–Crippen MR) is 104 cm³/mol. The summed E-state index contributed by atoms with van der Waals surface area (Å²) in [5.41, 5.74) is 1.11. The summed E-state index contributed by atoms with van der Waals surface area (Å²) >= 11 is 0. The summed E-state index contributed by atoms with van der Waals surface area (Å²) in [7, 11) is 1.51. The molecule has 2 aromatic heterocycles. The molecule has 0 unspecified atom stereocenters. The number of pyridine rings is 1. The van der Waals surface area contributed by atoms with E-state index >= 15 is 0 Å². The van der Waals surface area contributed by atoms with Crippen LogP contribution in [0.2, 0.25) is 0 Å². The number of benzene rings is 1. The van der Waals surface area contributed by atoms with Crippen molar-refractivity contribution in [3.05, 3.63) is 89.6 Å². The summed E-state index contributed by atoms with van der Waals surface area (Å²) in [5, 5.41) is 11.0. The van der Waals surface area contributed by atoms with Crippen LogP contribution >= 0.6 is 0 Å². The Hall–Kier alpha value is -3.87. The first kappa shape index (κ1) is 18.5. The van der Waals surface area contributed by atoms with E-state index in [0.29, 0.717) is 17.1 Å². The van der Waals surface area contributed by atoms with Crippen LogP contribution in [0.1, 0.15) is 22.9 Å². The highest BCUT2D eigenvalue weighted by atomic mass is 16.5. The van der Waals surface area contributed by atoms with Crippen LogP contribution in [0.25, 0.3) is 5.76 Å². The molecule has 0 radical (unpaired) electrons. The molecule has 0 spiro atoms. The molecule has 1 amide bonds. The summed E-state index contributed by atoms with van der Waals surface area (Å²) < 4.78 is 10.7. The number of carbonyl (C=O) groups excluding carboxylic acids is 2. The van der Waals surface area contributed by atoms with Gasteiger partial charge >= 0.3 is 0 Å². The number of amides is 1. The van der Waals surface area contributed by atoms with Crippen LogP contribution in [0.4, 0.5) is 0 Å². The molecule has 0 aliphatic carbocycles. The van der Waals surface area contributed by atoms with Gasteiger partial charge in [0.2, 0.25) is 0 Å². The van der Waals surface area contributed by atoms with Gasteiger partial charge in [-0.2, -0.15) is 0 Å². The standard InChI is InChI=1S/C22H18N2O5/c1-28-16-7-2-6-15(11-16)20(25)18-19(17-8-4-10-29-17)24(22(27)21(18)26)13-14-5-3-9-23-12-14/h2-12,19,25H,13H2,1H3/b20-18+/t19-/m1/s1. The maximum absolute atomic E-state index is 12.9. The highest BCUT2D eigenvalue weighted by Crippen LogP contribution is 2.40. The second-order valence-corrected chi connectivity index (χ2v) is 6.54. The van der Waals surface area contributed by atoms with Crippen LogP contribution in [-0.4, -0.2) is 33.8 Å². The van der Waals surface area contributed by atoms with Gasteiger partial charge in [0.05, 0.1) is 18.9 Å². The maximum Gasteiger partial charge on any atom is 0.296 e. The number of aromatic nitrogens is 1. The third kappa shape index (κ3) is 3.38. The molecule has 1 atom stereocenters. The first-order valence-corrected chi connectivity index (χ1v) is 8.95. The number of aliphatic hydroxyl groups excluding tert-OH is 1. The Bertz CT molecular complexity index is 1070. The van der Waals surface area contributed by atoms with Gasteiger partial charge in [0, 0.05) is 24.5 Å². The highest BCUT2D eigenvalue weighted by molar-refractivity contribution is 6.46. The van der Waals surface area contributed by atoms with Gasteiger partial charge in [0.25, 0.3) is 11.7 Å². The minimum absolute atomic E-state index is 0.0258. The van der Waals surface area contributed by atoms with E-state index in [1.54, 1.807) is 54.9 Å². The molecule has 1 aromatic carbocycles. The molecule has 1 aliphatic rings. The van der Waals surface area contributed by atoms with Crippen molar-refractivity contribution >= 4 is 17.4 Å². The average Bonchev–Trinajstić information content (AvgIpc) is 3.37. The quantitative estimate of drug-likeness (QED) is 0.408. The molecule has 0 bridgehead atoms. The summed E-state index contributed by atoms with van der Waals surface area (Å²) in [4.78, 5) is 31.1. The largest absolute Gasteiger partial charge is 0.507 e. The molecular weight excluding hydrogens is 372 g/mol. The Morgan fingerprint density at radius 1 is 1.21 bits per heavy atom. The lowest BCUT2D eigenvalue weighted by Crippen LogP contribution is -2.29. The number of rotatable bonds is 5. The number of furan rings is 1. The molecular formula is C22H18N2O5. The van der Waals surface area contributed by atoms with Gasteiger partial charge in [-0.25, -0.2) is 0 Å². The van der Waals surface area contributed by atoms with Crippen molar-refractivity contribution in [1.29, 1.82) is 0 Å². The van der Waals surface area contributed by atoms with Gasteiger partial charge in [-0.1, -0.05) is 18.2 Å². The molecule has 29 heavy (non-hydrogen) atoms. The maximum atomic E-state index is 12.9. The first-order chi connectivity index (χ1) is 14.1. The molecule has 1 aliphatic heterocycles. The van der Waals surface area contributed by atoms with E-state index in [9.17, 15) is 14.7 Å². The lowest BCUT2D eigenvalue weighted by molar-refractivity contribution is -0.140. The molecule has 7 nitrogen and oxygen atoms in total. The van der Waals surface area contributed by atoms with Crippen molar-refractivity contribution in [2.24, 2.45) is 0 Å². The fourth-order valence-corrected chi connectivity index (χ4v) is 3.40. The average molecular weight is 390 g/mol. The first-order valence-electron chi connectivity index (χ1n) is 8.95. The van der Waals surface area contributed by atoms with E-state index in [1.165, 1.54) is 18.3 Å².